The van der Waals surface area contributed by atoms with Crippen molar-refractivity contribution in [1.82, 2.24) is 0 Å². The third-order valence-corrected chi connectivity index (χ3v) is 3.43. The van der Waals surface area contributed by atoms with Crippen LogP contribution in [0.2, 0.25) is 5.02 Å². The van der Waals surface area contributed by atoms with Gasteiger partial charge in [-0.1, -0.05) is 41.9 Å². The van der Waals surface area contributed by atoms with Gasteiger partial charge in [0.1, 0.15) is 11.1 Å². The van der Waals surface area contributed by atoms with E-state index in [1.807, 2.05) is 18.2 Å². The molecule has 20 heavy (non-hydrogen) atoms. The molecule has 0 fully saturated rings. The normalized spacial score (nSPS) is 11.8. The second kappa shape index (κ2) is 6.64. The number of halogens is 2. The highest BCUT2D eigenvalue weighted by atomic mass is 35.5. The molecular weight excluding hydrogens is 297 g/mol. The highest BCUT2D eigenvalue weighted by molar-refractivity contribution is 6.33. The average molecular weight is 310 g/mol. The minimum atomic E-state index is -0.778. The summed E-state index contributed by atoms with van der Waals surface area (Å²) in [6, 6.07) is 14.1. The van der Waals surface area contributed by atoms with Crippen LogP contribution in [0.15, 0.2) is 48.5 Å². The molecular formula is C15H13Cl2NO2. The Morgan fingerprint density at radius 2 is 1.90 bits per heavy atom. The van der Waals surface area contributed by atoms with Crippen LogP contribution in [0.25, 0.3) is 0 Å². The van der Waals surface area contributed by atoms with Crippen molar-refractivity contribution in [3.05, 3.63) is 59.1 Å². The van der Waals surface area contributed by atoms with E-state index >= 15 is 0 Å². The summed E-state index contributed by atoms with van der Waals surface area (Å²) in [5.74, 6) is 0.193. The van der Waals surface area contributed by atoms with Crippen LogP contribution in [-0.2, 0) is 4.79 Å². The number of carbonyl (C=O) groups excluding carboxylic acids is 1. The Labute approximate surface area is 127 Å². The van der Waals surface area contributed by atoms with E-state index in [-0.39, 0.29) is 5.91 Å². The Hall–Kier alpha value is -1.71. The smallest absolute Gasteiger partial charge is 0.247 e. The van der Waals surface area contributed by atoms with Crippen molar-refractivity contribution in [3.63, 3.8) is 0 Å². The zero-order chi connectivity index (χ0) is 14.5. The maximum absolute atomic E-state index is 12.2. The second-order valence-electron chi connectivity index (χ2n) is 4.11. The molecule has 0 radical (unpaired) electrons. The number of ether oxygens (including phenoxy) is 1. The van der Waals surface area contributed by atoms with Crippen LogP contribution in [0, 0.1) is 0 Å². The molecule has 1 unspecified atom stereocenters. The number of hydrogen-bond acceptors (Lipinski definition) is 2. The zero-order valence-corrected chi connectivity index (χ0v) is 12.3. The number of nitrogens with one attached hydrogen (secondary N) is 1. The molecule has 0 aliphatic rings. The van der Waals surface area contributed by atoms with E-state index in [0.717, 1.165) is 5.56 Å². The summed E-state index contributed by atoms with van der Waals surface area (Å²) in [7, 11) is 1.52. The van der Waals surface area contributed by atoms with E-state index in [1.54, 1.807) is 30.3 Å². The van der Waals surface area contributed by atoms with E-state index in [0.29, 0.717) is 16.5 Å². The van der Waals surface area contributed by atoms with E-state index < -0.39 is 5.38 Å². The van der Waals surface area contributed by atoms with Gasteiger partial charge < -0.3 is 10.1 Å². The summed E-state index contributed by atoms with van der Waals surface area (Å²) in [4.78, 5) is 12.2. The number of carbonyl (C=O) groups is 1. The molecule has 2 aromatic rings. The summed E-state index contributed by atoms with van der Waals surface area (Å²) in [6.07, 6.45) is 0. The van der Waals surface area contributed by atoms with Crippen molar-refractivity contribution in [1.29, 1.82) is 0 Å². The fourth-order valence-electron chi connectivity index (χ4n) is 1.75. The SMILES string of the molecule is COc1ccc(Cl)cc1NC(=O)C(Cl)c1ccccc1. The third-order valence-electron chi connectivity index (χ3n) is 2.74. The molecule has 1 N–H and O–H groups in total. The van der Waals surface area contributed by atoms with Crippen molar-refractivity contribution in [3.8, 4) is 5.75 Å². The summed E-state index contributed by atoms with van der Waals surface area (Å²) < 4.78 is 5.17. The predicted molar refractivity (Wildman–Crippen MR) is 81.7 cm³/mol. The molecule has 0 aliphatic carbocycles. The van der Waals surface area contributed by atoms with Gasteiger partial charge in [0.2, 0.25) is 5.91 Å². The van der Waals surface area contributed by atoms with Gasteiger partial charge in [-0.25, -0.2) is 0 Å². The predicted octanol–water partition coefficient (Wildman–Crippen LogP) is 4.27. The summed E-state index contributed by atoms with van der Waals surface area (Å²) in [6.45, 7) is 0. The number of hydrogen-bond donors (Lipinski definition) is 1. The lowest BCUT2D eigenvalue weighted by molar-refractivity contribution is -0.116. The maximum atomic E-state index is 12.2. The van der Waals surface area contributed by atoms with E-state index in [1.165, 1.54) is 7.11 Å². The highest BCUT2D eigenvalue weighted by Gasteiger charge is 2.18. The Kier molecular flexibility index (Phi) is 4.88. The molecule has 0 aliphatic heterocycles. The summed E-state index contributed by atoms with van der Waals surface area (Å²) >= 11 is 12.1. The first-order valence-corrected chi connectivity index (χ1v) is 6.76. The molecule has 2 rings (SSSR count). The van der Waals surface area contributed by atoms with E-state index in [4.69, 9.17) is 27.9 Å². The Balaban J connectivity index is 2.18. The minimum absolute atomic E-state index is 0.335. The molecule has 0 spiro atoms. The average Bonchev–Trinajstić information content (AvgIpc) is 2.47. The first-order valence-electron chi connectivity index (χ1n) is 5.95. The molecule has 0 saturated carbocycles. The Morgan fingerprint density at radius 3 is 2.55 bits per heavy atom. The quantitative estimate of drug-likeness (QED) is 0.857. The summed E-state index contributed by atoms with van der Waals surface area (Å²) in [5.41, 5.74) is 1.22. The lowest BCUT2D eigenvalue weighted by Crippen LogP contribution is -2.17. The Morgan fingerprint density at radius 1 is 1.20 bits per heavy atom. The van der Waals surface area contributed by atoms with Gasteiger partial charge in [-0.3, -0.25) is 4.79 Å². The topological polar surface area (TPSA) is 38.3 Å². The fourth-order valence-corrected chi connectivity index (χ4v) is 2.12. The van der Waals surface area contributed by atoms with Crippen LogP contribution in [0.5, 0.6) is 5.75 Å². The molecule has 104 valence electrons. The largest absolute Gasteiger partial charge is 0.495 e. The van der Waals surface area contributed by atoms with E-state index in [2.05, 4.69) is 5.32 Å². The second-order valence-corrected chi connectivity index (χ2v) is 4.98. The number of methoxy groups -OCH3 is 1. The van der Waals surface area contributed by atoms with Crippen LogP contribution in [-0.4, -0.2) is 13.0 Å². The molecule has 1 amide bonds. The number of anilines is 1. The molecule has 2 aromatic carbocycles. The maximum Gasteiger partial charge on any atom is 0.247 e. The lowest BCUT2D eigenvalue weighted by atomic mass is 10.1. The number of benzene rings is 2. The van der Waals surface area contributed by atoms with Crippen molar-refractivity contribution < 1.29 is 9.53 Å². The van der Waals surface area contributed by atoms with Gasteiger partial charge in [0.25, 0.3) is 0 Å². The van der Waals surface area contributed by atoms with Gasteiger partial charge >= 0.3 is 0 Å². The van der Waals surface area contributed by atoms with Crippen molar-refractivity contribution >= 4 is 34.8 Å². The molecule has 0 bridgehead atoms. The van der Waals surface area contributed by atoms with Crippen molar-refractivity contribution in [2.45, 2.75) is 5.38 Å². The molecule has 0 aromatic heterocycles. The van der Waals surface area contributed by atoms with Crippen LogP contribution >= 0.6 is 23.2 Å². The Bertz CT molecular complexity index is 602. The molecule has 0 saturated heterocycles. The van der Waals surface area contributed by atoms with Crippen molar-refractivity contribution in [2.75, 3.05) is 12.4 Å². The monoisotopic (exact) mass is 309 g/mol. The molecule has 3 nitrogen and oxygen atoms in total. The molecule has 5 heteroatoms. The van der Waals surface area contributed by atoms with Gasteiger partial charge in [-0.05, 0) is 23.8 Å². The van der Waals surface area contributed by atoms with Gasteiger partial charge in [-0.15, -0.1) is 11.6 Å². The number of amides is 1. The zero-order valence-electron chi connectivity index (χ0n) is 10.8. The minimum Gasteiger partial charge on any atom is -0.495 e. The van der Waals surface area contributed by atoms with E-state index in [9.17, 15) is 4.79 Å². The van der Waals surface area contributed by atoms with Gasteiger partial charge in [0.05, 0.1) is 12.8 Å². The summed E-state index contributed by atoms with van der Waals surface area (Å²) in [5, 5.41) is 2.45. The fraction of sp³-hybridized carbons (Fsp3) is 0.133. The first kappa shape index (κ1) is 14.7. The number of rotatable bonds is 4. The number of alkyl halides is 1. The van der Waals surface area contributed by atoms with Gasteiger partial charge in [0, 0.05) is 5.02 Å². The lowest BCUT2D eigenvalue weighted by Gasteiger charge is -2.13. The third kappa shape index (κ3) is 3.44. The highest BCUT2D eigenvalue weighted by Crippen LogP contribution is 2.30. The van der Waals surface area contributed by atoms with Crippen LogP contribution in [0.4, 0.5) is 5.69 Å². The van der Waals surface area contributed by atoms with Crippen molar-refractivity contribution in [2.24, 2.45) is 0 Å². The van der Waals surface area contributed by atoms with Gasteiger partial charge in [0.15, 0.2) is 0 Å². The van der Waals surface area contributed by atoms with Crippen LogP contribution in [0.1, 0.15) is 10.9 Å². The van der Waals surface area contributed by atoms with Crippen LogP contribution < -0.4 is 10.1 Å². The molecule has 1 atom stereocenters. The standard InChI is InChI=1S/C15H13Cl2NO2/c1-20-13-8-7-11(16)9-12(13)18-15(19)14(17)10-5-3-2-4-6-10/h2-9,14H,1H3,(H,18,19). The van der Waals surface area contributed by atoms with Gasteiger partial charge in [-0.2, -0.15) is 0 Å². The molecule has 0 heterocycles. The van der Waals surface area contributed by atoms with Crippen LogP contribution in [0.3, 0.4) is 0 Å². The first-order chi connectivity index (χ1) is 9.61.